The Morgan fingerprint density at radius 1 is 1.27 bits per heavy atom. The van der Waals surface area contributed by atoms with Crippen LogP contribution in [0.1, 0.15) is 57.1 Å². The summed E-state index contributed by atoms with van der Waals surface area (Å²) in [5.74, 6) is 0.772. The van der Waals surface area contributed by atoms with Gasteiger partial charge in [0, 0.05) is 12.4 Å². The molecule has 2 aromatic rings. The predicted octanol–water partition coefficient (Wildman–Crippen LogP) is 3.92. The predicted molar refractivity (Wildman–Crippen MR) is 114 cm³/mol. The fraction of sp³-hybridized carbons (Fsp3) is 0.435. The molecule has 7 nitrogen and oxygen atoms in total. The number of allylic oxidation sites excluding steroid dienone is 1. The van der Waals surface area contributed by atoms with Crippen LogP contribution in [-0.4, -0.2) is 33.4 Å². The Hall–Kier alpha value is -3.09. The van der Waals surface area contributed by atoms with E-state index in [2.05, 4.69) is 15.4 Å². The number of hydrogen-bond donors (Lipinski definition) is 2. The standard InChI is InChI=1S/C23H28N4O3/c1-2-19-20(22(29)30-15-16-8-4-3-5-9-16)21(17-10-6-11-18(28)14-17)26-23(25-19)27-13-7-12-24-27/h6-7,10-14,16,21,28H,2-5,8-9,15H2,1H3,(H,25,26). The van der Waals surface area contributed by atoms with Crippen molar-refractivity contribution in [3.05, 3.63) is 59.6 Å². The quantitative estimate of drug-likeness (QED) is 0.732. The van der Waals surface area contributed by atoms with Crippen LogP contribution < -0.4 is 5.32 Å². The second-order valence-corrected chi connectivity index (χ2v) is 7.87. The van der Waals surface area contributed by atoms with Crippen molar-refractivity contribution in [1.29, 1.82) is 0 Å². The van der Waals surface area contributed by atoms with Gasteiger partial charge in [0.2, 0.25) is 5.96 Å². The van der Waals surface area contributed by atoms with Crippen molar-refractivity contribution in [3.8, 4) is 5.75 Å². The lowest BCUT2D eigenvalue weighted by molar-refractivity contribution is -0.141. The number of aromatic nitrogens is 2. The van der Waals surface area contributed by atoms with E-state index < -0.39 is 6.04 Å². The van der Waals surface area contributed by atoms with E-state index in [0.29, 0.717) is 36.2 Å². The molecule has 1 aliphatic heterocycles. The molecule has 2 heterocycles. The molecule has 7 heteroatoms. The number of rotatable bonds is 5. The van der Waals surface area contributed by atoms with Crippen LogP contribution in [0, 0.1) is 5.92 Å². The zero-order valence-electron chi connectivity index (χ0n) is 17.3. The van der Waals surface area contributed by atoms with Crippen LogP contribution in [0.15, 0.2) is 59.0 Å². The minimum Gasteiger partial charge on any atom is -0.508 e. The van der Waals surface area contributed by atoms with Gasteiger partial charge in [-0.25, -0.2) is 14.5 Å². The molecule has 1 aliphatic carbocycles. The molecule has 1 fully saturated rings. The molecule has 0 bridgehead atoms. The van der Waals surface area contributed by atoms with Gasteiger partial charge >= 0.3 is 5.97 Å². The van der Waals surface area contributed by atoms with Crippen molar-refractivity contribution in [2.75, 3.05) is 6.61 Å². The van der Waals surface area contributed by atoms with Crippen molar-refractivity contribution >= 4 is 11.9 Å². The number of phenolic OH excluding ortho intramolecular Hbond substituents is 1. The number of benzene rings is 1. The Kier molecular flexibility index (Phi) is 6.16. The van der Waals surface area contributed by atoms with E-state index in [-0.39, 0.29) is 11.7 Å². The van der Waals surface area contributed by atoms with Gasteiger partial charge in [-0.3, -0.25) is 0 Å². The summed E-state index contributed by atoms with van der Waals surface area (Å²) in [6, 6.07) is 8.25. The van der Waals surface area contributed by atoms with Gasteiger partial charge in [-0.15, -0.1) is 0 Å². The Morgan fingerprint density at radius 2 is 2.10 bits per heavy atom. The highest BCUT2D eigenvalue weighted by molar-refractivity contribution is 5.95. The molecule has 158 valence electrons. The summed E-state index contributed by atoms with van der Waals surface area (Å²) in [6.45, 7) is 2.42. The lowest BCUT2D eigenvalue weighted by Crippen LogP contribution is -2.40. The summed E-state index contributed by atoms with van der Waals surface area (Å²) < 4.78 is 7.40. The second kappa shape index (κ2) is 9.15. The van der Waals surface area contributed by atoms with E-state index in [1.165, 1.54) is 19.3 Å². The Labute approximate surface area is 176 Å². The SMILES string of the molecule is CCC1=C(C(=O)OCC2CCCCC2)C(c2cccc(O)c2)NC(n2cccn2)=N1. The molecule has 1 aromatic carbocycles. The van der Waals surface area contributed by atoms with Gasteiger partial charge in [0.25, 0.3) is 0 Å². The van der Waals surface area contributed by atoms with Crippen LogP contribution in [0.25, 0.3) is 0 Å². The van der Waals surface area contributed by atoms with Crippen molar-refractivity contribution in [3.63, 3.8) is 0 Å². The largest absolute Gasteiger partial charge is 0.508 e. The van der Waals surface area contributed by atoms with Crippen LogP contribution in [-0.2, 0) is 9.53 Å². The van der Waals surface area contributed by atoms with Crippen molar-refractivity contribution < 1.29 is 14.6 Å². The van der Waals surface area contributed by atoms with Crippen LogP contribution in [0.3, 0.4) is 0 Å². The fourth-order valence-electron chi connectivity index (χ4n) is 4.18. The van der Waals surface area contributed by atoms with Crippen molar-refractivity contribution in [2.24, 2.45) is 10.9 Å². The molecule has 1 unspecified atom stereocenters. The maximum Gasteiger partial charge on any atom is 0.338 e. The first kappa shape index (κ1) is 20.2. The van der Waals surface area contributed by atoms with Crippen LogP contribution in [0.4, 0.5) is 0 Å². The highest BCUT2D eigenvalue weighted by Crippen LogP contribution is 2.33. The smallest absolute Gasteiger partial charge is 0.338 e. The third-order valence-electron chi connectivity index (χ3n) is 5.77. The minimum atomic E-state index is -0.484. The molecule has 0 spiro atoms. The first-order valence-corrected chi connectivity index (χ1v) is 10.7. The third-order valence-corrected chi connectivity index (χ3v) is 5.77. The number of carbonyl (C=O) groups excluding carboxylic acids is 1. The summed E-state index contributed by atoms with van der Waals surface area (Å²) in [6.07, 6.45) is 9.96. The molecular formula is C23H28N4O3. The molecule has 0 amide bonds. The van der Waals surface area contributed by atoms with E-state index in [1.54, 1.807) is 35.3 Å². The summed E-state index contributed by atoms with van der Waals surface area (Å²) in [4.78, 5) is 17.9. The number of nitrogens with zero attached hydrogens (tertiary/aromatic N) is 3. The summed E-state index contributed by atoms with van der Waals surface area (Å²) in [5, 5.41) is 17.6. The maximum absolute atomic E-state index is 13.2. The number of phenols is 1. The fourth-order valence-corrected chi connectivity index (χ4v) is 4.18. The molecule has 4 rings (SSSR count). The van der Waals surface area contributed by atoms with Gasteiger partial charge in [-0.2, -0.15) is 5.10 Å². The highest BCUT2D eigenvalue weighted by atomic mass is 16.5. The van der Waals surface area contributed by atoms with Crippen molar-refractivity contribution in [2.45, 2.75) is 51.5 Å². The maximum atomic E-state index is 13.2. The first-order chi connectivity index (χ1) is 14.7. The Balaban J connectivity index is 1.66. The Bertz CT molecular complexity index is 943. The van der Waals surface area contributed by atoms with E-state index in [1.807, 2.05) is 19.1 Å². The van der Waals surface area contributed by atoms with Gasteiger partial charge in [-0.1, -0.05) is 38.3 Å². The lowest BCUT2D eigenvalue weighted by Gasteiger charge is -2.29. The first-order valence-electron chi connectivity index (χ1n) is 10.7. The molecule has 0 radical (unpaired) electrons. The monoisotopic (exact) mass is 408 g/mol. The number of esters is 1. The number of aromatic hydroxyl groups is 1. The minimum absolute atomic E-state index is 0.144. The normalized spacial score (nSPS) is 19.9. The summed E-state index contributed by atoms with van der Waals surface area (Å²) >= 11 is 0. The van der Waals surface area contributed by atoms with E-state index in [9.17, 15) is 9.90 Å². The topological polar surface area (TPSA) is 88.7 Å². The molecule has 2 aliphatic rings. The van der Waals surface area contributed by atoms with Crippen LogP contribution in [0.5, 0.6) is 5.75 Å². The summed E-state index contributed by atoms with van der Waals surface area (Å²) in [7, 11) is 0. The zero-order chi connectivity index (χ0) is 20.9. The third kappa shape index (κ3) is 4.40. The summed E-state index contributed by atoms with van der Waals surface area (Å²) in [5.41, 5.74) is 1.93. The number of aliphatic imine (C=N–C) groups is 1. The molecule has 1 aromatic heterocycles. The second-order valence-electron chi connectivity index (χ2n) is 7.87. The molecule has 30 heavy (non-hydrogen) atoms. The molecule has 2 N–H and O–H groups in total. The Morgan fingerprint density at radius 3 is 2.80 bits per heavy atom. The van der Waals surface area contributed by atoms with Gasteiger partial charge in [0.1, 0.15) is 5.75 Å². The van der Waals surface area contributed by atoms with Gasteiger partial charge in [0.15, 0.2) is 0 Å². The molecule has 1 atom stereocenters. The molecule has 0 saturated heterocycles. The zero-order valence-corrected chi connectivity index (χ0v) is 17.3. The average molecular weight is 409 g/mol. The number of nitrogens with one attached hydrogen (secondary N) is 1. The lowest BCUT2D eigenvalue weighted by atomic mass is 9.90. The van der Waals surface area contributed by atoms with Crippen LogP contribution in [0.2, 0.25) is 0 Å². The molecular weight excluding hydrogens is 380 g/mol. The number of hydrogen-bond acceptors (Lipinski definition) is 6. The van der Waals surface area contributed by atoms with Crippen molar-refractivity contribution in [1.82, 2.24) is 15.1 Å². The van der Waals surface area contributed by atoms with E-state index >= 15 is 0 Å². The highest BCUT2D eigenvalue weighted by Gasteiger charge is 2.33. The number of ether oxygens (including phenoxy) is 1. The van der Waals surface area contributed by atoms with E-state index in [4.69, 9.17) is 4.74 Å². The van der Waals surface area contributed by atoms with Gasteiger partial charge in [-0.05, 0) is 48.9 Å². The van der Waals surface area contributed by atoms with Gasteiger partial charge in [0.05, 0.1) is 23.9 Å². The van der Waals surface area contributed by atoms with E-state index in [0.717, 1.165) is 18.4 Å². The van der Waals surface area contributed by atoms with Crippen LogP contribution >= 0.6 is 0 Å². The number of carbonyl (C=O) groups is 1. The van der Waals surface area contributed by atoms with Gasteiger partial charge < -0.3 is 15.2 Å². The average Bonchev–Trinajstić information content (AvgIpc) is 3.32. The molecule has 1 saturated carbocycles.